The molecule has 100 valence electrons. The summed E-state index contributed by atoms with van der Waals surface area (Å²) in [5.74, 6) is 0. The molecule has 1 aliphatic rings. The van der Waals surface area contributed by atoms with Crippen molar-refractivity contribution in [3.05, 3.63) is 83.9 Å². The van der Waals surface area contributed by atoms with Crippen molar-refractivity contribution in [1.82, 2.24) is 0 Å². The van der Waals surface area contributed by atoms with Crippen LogP contribution in [0.3, 0.4) is 0 Å². The van der Waals surface area contributed by atoms with Gasteiger partial charge in [-0.1, -0.05) is 0 Å². The van der Waals surface area contributed by atoms with Gasteiger partial charge in [-0.05, 0) is 0 Å². The second kappa shape index (κ2) is 6.23. The van der Waals surface area contributed by atoms with Crippen molar-refractivity contribution in [2.24, 2.45) is 0 Å². The van der Waals surface area contributed by atoms with Gasteiger partial charge in [0.25, 0.3) is 0 Å². The Hall–Kier alpha value is -1.60. The summed E-state index contributed by atoms with van der Waals surface area (Å²) in [6, 6.07) is 21.2. The minimum atomic E-state index is 0.0658. The summed E-state index contributed by atoms with van der Waals surface area (Å²) in [7, 11) is 1.77. The Labute approximate surface area is 126 Å². The van der Waals surface area contributed by atoms with E-state index in [2.05, 4.69) is 72.8 Å². The van der Waals surface area contributed by atoms with Gasteiger partial charge in [-0.15, -0.1) is 0 Å². The summed E-state index contributed by atoms with van der Waals surface area (Å²) in [5, 5.41) is 0. The topological polar surface area (TPSA) is 9.23 Å². The van der Waals surface area contributed by atoms with Crippen LogP contribution in [0, 0.1) is 0 Å². The van der Waals surface area contributed by atoms with E-state index in [1.165, 1.54) is 20.1 Å². The van der Waals surface area contributed by atoms with Crippen LogP contribution >= 0.6 is 0 Å². The third kappa shape index (κ3) is 2.94. The van der Waals surface area contributed by atoms with Crippen LogP contribution in [0.2, 0.25) is 0 Å². The normalized spacial score (nSPS) is 15.7. The Morgan fingerprint density at radius 1 is 0.750 bits per heavy atom. The number of methoxy groups -OCH3 is 1. The fourth-order valence-electron chi connectivity index (χ4n) is 2.18. The van der Waals surface area contributed by atoms with Gasteiger partial charge in [-0.3, -0.25) is 0 Å². The van der Waals surface area contributed by atoms with E-state index >= 15 is 0 Å². The molecule has 0 unspecified atom stereocenters. The van der Waals surface area contributed by atoms with Crippen molar-refractivity contribution in [2.75, 3.05) is 7.11 Å². The maximum absolute atomic E-state index is 5.55. The van der Waals surface area contributed by atoms with E-state index in [1.807, 2.05) is 0 Å². The van der Waals surface area contributed by atoms with Gasteiger partial charge < -0.3 is 0 Å². The molecule has 0 amide bonds. The Morgan fingerprint density at radius 2 is 1.20 bits per heavy atom. The van der Waals surface area contributed by atoms with Crippen LogP contribution in [-0.2, 0) is 4.74 Å². The van der Waals surface area contributed by atoms with E-state index in [0.717, 1.165) is 0 Å². The van der Waals surface area contributed by atoms with Crippen molar-refractivity contribution in [3.8, 4) is 0 Å². The first kappa shape index (κ1) is 13.4. The van der Waals surface area contributed by atoms with Crippen molar-refractivity contribution in [1.29, 1.82) is 0 Å². The maximum atomic E-state index is 5.55. The van der Waals surface area contributed by atoms with Crippen LogP contribution < -0.4 is 0 Å². The molecule has 0 fully saturated rings. The number of benzene rings is 2. The molecule has 0 saturated heterocycles. The Balaban J connectivity index is 1.94. The SMILES string of the molecule is COC1C=C(c2ccccc2)[Se]C(c2ccccc2)=C1. The van der Waals surface area contributed by atoms with Crippen LogP contribution in [0.4, 0.5) is 0 Å². The molecular formula is C18H16OSe. The molecule has 0 aliphatic carbocycles. The van der Waals surface area contributed by atoms with E-state index in [-0.39, 0.29) is 6.10 Å². The van der Waals surface area contributed by atoms with Crippen molar-refractivity contribution in [3.63, 3.8) is 0 Å². The average Bonchev–Trinajstić information content (AvgIpc) is 2.56. The first-order valence-electron chi connectivity index (χ1n) is 6.62. The molecular weight excluding hydrogens is 311 g/mol. The molecule has 1 heterocycles. The molecule has 0 bridgehead atoms. The van der Waals surface area contributed by atoms with Crippen LogP contribution in [0.25, 0.3) is 8.94 Å². The number of ether oxygens (including phenoxy) is 1. The average molecular weight is 327 g/mol. The molecule has 0 aromatic heterocycles. The van der Waals surface area contributed by atoms with E-state index < -0.39 is 0 Å². The summed E-state index contributed by atoms with van der Waals surface area (Å²) < 4.78 is 8.34. The van der Waals surface area contributed by atoms with Gasteiger partial charge in [0.05, 0.1) is 0 Å². The van der Waals surface area contributed by atoms with Gasteiger partial charge in [-0.2, -0.15) is 0 Å². The van der Waals surface area contributed by atoms with Gasteiger partial charge in [0.2, 0.25) is 0 Å². The zero-order valence-corrected chi connectivity index (χ0v) is 13.0. The zero-order valence-electron chi connectivity index (χ0n) is 11.3. The molecule has 20 heavy (non-hydrogen) atoms. The summed E-state index contributed by atoms with van der Waals surface area (Å²) in [4.78, 5) is 0. The fourth-order valence-corrected chi connectivity index (χ4v) is 4.60. The molecule has 2 aromatic carbocycles. The van der Waals surface area contributed by atoms with Crippen LogP contribution in [0.5, 0.6) is 0 Å². The molecule has 1 aliphatic heterocycles. The second-order valence-electron chi connectivity index (χ2n) is 4.60. The van der Waals surface area contributed by atoms with Crippen LogP contribution in [0.1, 0.15) is 11.1 Å². The molecule has 0 atom stereocenters. The molecule has 3 rings (SSSR count). The standard InChI is InChI=1S/C18H16OSe/c1-19-16-12-17(14-8-4-2-5-9-14)20-18(13-16)15-10-6-3-7-11-15/h2-13,16H,1H3. The summed E-state index contributed by atoms with van der Waals surface area (Å²) in [5.41, 5.74) is 2.60. The summed E-state index contributed by atoms with van der Waals surface area (Å²) in [6.45, 7) is 0. The fraction of sp³-hybridized carbons (Fsp3) is 0.111. The number of hydrogen-bond acceptors (Lipinski definition) is 1. The van der Waals surface area contributed by atoms with Gasteiger partial charge >= 0.3 is 126 Å². The quantitative estimate of drug-likeness (QED) is 0.779. The van der Waals surface area contributed by atoms with E-state index in [9.17, 15) is 0 Å². The first-order chi connectivity index (χ1) is 9.86. The number of rotatable bonds is 3. The van der Waals surface area contributed by atoms with E-state index in [1.54, 1.807) is 7.11 Å². The Kier molecular flexibility index (Phi) is 4.17. The molecule has 2 aromatic rings. The van der Waals surface area contributed by atoms with Crippen LogP contribution in [0.15, 0.2) is 72.8 Å². The van der Waals surface area contributed by atoms with Gasteiger partial charge in [0.15, 0.2) is 0 Å². The van der Waals surface area contributed by atoms with Crippen molar-refractivity contribution < 1.29 is 4.74 Å². The summed E-state index contributed by atoms with van der Waals surface area (Å²) in [6.07, 6.45) is 4.54. The van der Waals surface area contributed by atoms with Gasteiger partial charge in [-0.25, -0.2) is 0 Å². The minimum absolute atomic E-state index is 0.0658. The monoisotopic (exact) mass is 328 g/mol. The van der Waals surface area contributed by atoms with E-state index in [0.29, 0.717) is 15.0 Å². The third-order valence-electron chi connectivity index (χ3n) is 3.24. The van der Waals surface area contributed by atoms with Crippen molar-refractivity contribution >= 4 is 23.9 Å². The van der Waals surface area contributed by atoms with E-state index in [4.69, 9.17) is 4.74 Å². The Bertz CT molecular complexity index is 573. The first-order valence-corrected chi connectivity index (χ1v) is 8.33. The second-order valence-corrected chi connectivity index (χ2v) is 6.87. The predicted molar refractivity (Wildman–Crippen MR) is 85.4 cm³/mol. The van der Waals surface area contributed by atoms with Crippen LogP contribution in [-0.4, -0.2) is 28.2 Å². The van der Waals surface area contributed by atoms with Gasteiger partial charge in [0.1, 0.15) is 0 Å². The molecule has 0 spiro atoms. The molecule has 2 heteroatoms. The summed E-state index contributed by atoms with van der Waals surface area (Å²) >= 11 is 0.317. The van der Waals surface area contributed by atoms with Gasteiger partial charge in [0, 0.05) is 0 Å². The molecule has 1 nitrogen and oxygen atoms in total. The molecule has 0 radical (unpaired) electrons. The van der Waals surface area contributed by atoms with Crippen molar-refractivity contribution in [2.45, 2.75) is 6.10 Å². The number of hydrogen-bond donors (Lipinski definition) is 0. The molecule has 0 N–H and O–H groups in total. The zero-order chi connectivity index (χ0) is 13.8. The Morgan fingerprint density at radius 3 is 1.60 bits per heavy atom. The molecule has 0 saturated carbocycles. The predicted octanol–water partition coefficient (Wildman–Crippen LogP) is 3.80. The third-order valence-corrected chi connectivity index (χ3v) is 5.72.